The highest BCUT2D eigenvalue weighted by atomic mass is 19.1. The van der Waals surface area contributed by atoms with E-state index in [0.29, 0.717) is 17.9 Å². The van der Waals surface area contributed by atoms with Crippen LogP contribution in [0.3, 0.4) is 0 Å². The third-order valence-corrected chi connectivity index (χ3v) is 1.95. The summed E-state index contributed by atoms with van der Waals surface area (Å²) in [6.07, 6.45) is 1.65. The van der Waals surface area contributed by atoms with Crippen molar-refractivity contribution in [3.05, 3.63) is 42.7 Å². The Hall–Kier alpha value is -2.04. The zero-order valence-electron chi connectivity index (χ0n) is 7.97. The van der Waals surface area contributed by atoms with Gasteiger partial charge in [-0.05, 0) is 22.6 Å². The van der Waals surface area contributed by atoms with Gasteiger partial charge in [-0.3, -0.25) is 0 Å². The average Bonchev–Trinajstić information content (AvgIpc) is 2.67. The Bertz CT molecular complexity index is 478. The number of nitrogens with zero attached hydrogens (tertiary/aromatic N) is 4. The Morgan fingerprint density at radius 3 is 2.93 bits per heavy atom. The molecule has 5 heteroatoms. The normalized spacial score (nSPS) is 10.2. The second kappa shape index (κ2) is 4.00. The number of aromatic nitrogens is 4. The van der Waals surface area contributed by atoms with Crippen molar-refractivity contribution in [3.8, 4) is 11.4 Å². The molecule has 0 unspecified atom stereocenters. The van der Waals surface area contributed by atoms with E-state index in [1.54, 1.807) is 24.3 Å². The molecule has 0 amide bonds. The molecule has 2 aromatic rings. The summed E-state index contributed by atoms with van der Waals surface area (Å²) in [4.78, 5) is 0. The highest BCUT2D eigenvalue weighted by molar-refractivity contribution is 5.55. The Morgan fingerprint density at radius 2 is 2.20 bits per heavy atom. The standard InChI is InChI=1S/C10H9FN4/c1-2-7-15-10(12-13-14-15)8-5-3-4-6-9(8)11/h2-6H,1,7H2. The first kappa shape index (κ1) is 9.51. The minimum Gasteiger partial charge on any atom is -0.221 e. The average molecular weight is 204 g/mol. The molecule has 0 spiro atoms. The van der Waals surface area contributed by atoms with E-state index in [1.807, 2.05) is 0 Å². The van der Waals surface area contributed by atoms with Crippen LogP contribution in [0.1, 0.15) is 0 Å². The summed E-state index contributed by atoms with van der Waals surface area (Å²) in [5, 5.41) is 11.0. The molecule has 0 aliphatic rings. The molecular formula is C10H9FN4. The minimum atomic E-state index is -0.336. The molecule has 0 aliphatic heterocycles. The van der Waals surface area contributed by atoms with Crippen LogP contribution in [-0.4, -0.2) is 20.2 Å². The van der Waals surface area contributed by atoms with E-state index >= 15 is 0 Å². The number of rotatable bonds is 3. The molecule has 76 valence electrons. The Morgan fingerprint density at radius 1 is 1.40 bits per heavy atom. The van der Waals surface area contributed by atoms with Gasteiger partial charge in [0.25, 0.3) is 0 Å². The quantitative estimate of drug-likeness (QED) is 0.714. The van der Waals surface area contributed by atoms with E-state index < -0.39 is 0 Å². The minimum absolute atomic E-state index is 0.336. The third-order valence-electron chi connectivity index (χ3n) is 1.95. The molecule has 4 nitrogen and oxygen atoms in total. The molecule has 2 rings (SSSR count). The van der Waals surface area contributed by atoms with Crippen LogP contribution in [0.25, 0.3) is 11.4 Å². The van der Waals surface area contributed by atoms with Gasteiger partial charge >= 0.3 is 0 Å². The molecule has 1 aromatic carbocycles. The van der Waals surface area contributed by atoms with E-state index in [2.05, 4.69) is 22.1 Å². The van der Waals surface area contributed by atoms with Crippen LogP contribution in [0, 0.1) is 5.82 Å². The van der Waals surface area contributed by atoms with E-state index in [-0.39, 0.29) is 5.82 Å². The summed E-state index contributed by atoms with van der Waals surface area (Å²) in [5.74, 6) is 0.0746. The largest absolute Gasteiger partial charge is 0.221 e. The second-order valence-electron chi connectivity index (χ2n) is 2.95. The molecular weight excluding hydrogens is 195 g/mol. The maximum Gasteiger partial charge on any atom is 0.185 e. The highest BCUT2D eigenvalue weighted by Crippen LogP contribution is 2.18. The first-order valence-corrected chi connectivity index (χ1v) is 4.45. The van der Waals surface area contributed by atoms with Crippen LogP contribution in [0.5, 0.6) is 0 Å². The van der Waals surface area contributed by atoms with Gasteiger partial charge in [0.05, 0.1) is 12.1 Å². The molecule has 0 radical (unpaired) electrons. The maximum atomic E-state index is 13.4. The summed E-state index contributed by atoms with van der Waals surface area (Å²) < 4.78 is 14.9. The predicted octanol–water partition coefficient (Wildman–Crippen LogP) is 1.67. The lowest BCUT2D eigenvalue weighted by Crippen LogP contribution is -2.01. The summed E-state index contributed by atoms with van der Waals surface area (Å²) in [5.41, 5.74) is 0.393. The van der Waals surface area contributed by atoms with E-state index in [4.69, 9.17) is 0 Å². The number of halogens is 1. The van der Waals surface area contributed by atoms with Crippen LogP contribution >= 0.6 is 0 Å². The van der Waals surface area contributed by atoms with Gasteiger partial charge in [-0.15, -0.1) is 11.7 Å². The SMILES string of the molecule is C=CCn1nnnc1-c1ccccc1F. The van der Waals surface area contributed by atoms with Crippen LogP contribution in [0.2, 0.25) is 0 Å². The van der Waals surface area contributed by atoms with Gasteiger partial charge in [-0.25, -0.2) is 9.07 Å². The van der Waals surface area contributed by atoms with Gasteiger partial charge < -0.3 is 0 Å². The van der Waals surface area contributed by atoms with Crippen LogP contribution in [-0.2, 0) is 6.54 Å². The van der Waals surface area contributed by atoms with Crippen molar-refractivity contribution >= 4 is 0 Å². The Balaban J connectivity index is 2.49. The summed E-state index contributed by atoms with van der Waals surface area (Å²) in [7, 11) is 0. The first-order valence-electron chi connectivity index (χ1n) is 4.45. The van der Waals surface area contributed by atoms with Gasteiger partial charge in [-0.2, -0.15) is 0 Å². The second-order valence-corrected chi connectivity index (χ2v) is 2.95. The van der Waals surface area contributed by atoms with Gasteiger partial charge in [0, 0.05) is 0 Å². The zero-order chi connectivity index (χ0) is 10.7. The number of tetrazole rings is 1. The molecule has 1 heterocycles. The van der Waals surface area contributed by atoms with Crippen molar-refractivity contribution in [2.24, 2.45) is 0 Å². The van der Waals surface area contributed by atoms with E-state index in [1.165, 1.54) is 10.7 Å². The van der Waals surface area contributed by atoms with Crippen molar-refractivity contribution in [3.63, 3.8) is 0 Å². The lowest BCUT2D eigenvalue weighted by atomic mass is 10.2. The van der Waals surface area contributed by atoms with Gasteiger partial charge in [0.1, 0.15) is 5.82 Å². The van der Waals surface area contributed by atoms with Crippen LogP contribution in [0.4, 0.5) is 4.39 Å². The molecule has 0 fully saturated rings. The summed E-state index contributed by atoms with van der Waals surface area (Å²) >= 11 is 0. The van der Waals surface area contributed by atoms with E-state index in [0.717, 1.165) is 0 Å². The lowest BCUT2D eigenvalue weighted by Gasteiger charge is -2.01. The third kappa shape index (κ3) is 1.76. The lowest BCUT2D eigenvalue weighted by molar-refractivity contribution is 0.623. The fourth-order valence-electron chi connectivity index (χ4n) is 1.29. The van der Waals surface area contributed by atoms with Gasteiger partial charge in [0.2, 0.25) is 0 Å². The smallest absolute Gasteiger partial charge is 0.185 e. The Kier molecular flexibility index (Phi) is 2.53. The van der Waals surface area contributed by atoms with Gasteiger partial charge in [-0.1, -0.05) is 18.2 Å². The number of hydrogen-bond donors (Lipinski definition) is 0. The molecule has 0 aliphatic carbocycles. The van der Waals surface area contributed by atoms with Gasteiger partial charge in [0.15, 0.2) is 5.82 Å². The first-order chi connectivity index (χ1) is 7.33. The molecule has 0 N–H and O–H groups in total. The topological polar surface area (TPSA) is 43.6 Å². The van der Waals surface area contributed by atoms with E-state index in [9.17, 15) is 4.39 Å². The molecule has 0 saturated heterocycles. The zero-order valence-corrected chi connectivity index (χ0v) is 7.97. The fraction of sp³-hybridized carbons (Fsp3) is 0.100. The maximum absolute atomic E-state index is 13.4. The number of allylic oxidation sites excluding steroid dienone is 1. The molecule has 0 bridgehead atoms. The monoisotopic (exact) mass is 204 g/mol. The Labute approximate surface area is 86.0 Å². The molecule has 1 aromatic heterocycles. The molecule has 0 saturated carbocycles. The van der Waals surface area contributed by atoms with Crippen LogP contribution < -0.4 is 0 Å². The number of benzene rings is 1. The molecule has 0 atom stereocenters. The fourth-order valence-corrected chi connectivity index (χ4v) is 1.29. The number of hydrogen-bond acceptors (Lipinski definition) is 3. The van der Waals surface area contributed by atoms with Crippen molar-refractivity contribution in [2.75, 3.05) is 0 Å². The van der Waals surface area contributed by atoms with Crippen molar-refractivity contribution in [1.29, 1.82) is 0 Å². The van der Waals surface area contributed by atoms with Crippen molar-refractivity contribution in [2.45, 2.75) is 6.54 Å². The predicted molar refractivity (Wildman–Crippen MR) is 53.4 cm³/mol. The van der Waals surface area contributed by atoms with Crippen LogP contribution in [0.15, 0.2) is 36.9 Å². The summed E-state index contributed by atoms with van der Waals surface area (Å²) in [6, 6.07) is 6.38. The van der Waals surface area contributed by atoms with Crippen molar-refractivity contribution < 1.29 is 4.39 Å². The highest BCUT2D eigenvalue weighted by Gasteiger charge is 2.11. The van der Waals surface area contributed by atoms with Crippen molar-refractivity contribution in [1.82, 2.24) is 20.2 Å². The summed E-state index contributed by atoms with van der Waals surface area (Å²) in [6.45, 7) is 4.04. The molecule has 15 heavy (non-hydrogen) atoms.